The average molecular weight is 296 g/mol. The molecular formula is C13H24N6O2. The van der Waals surface area contributed by atoms with Crippen LogP contribution in [0.15, 0.2) is 0 Å². The number of nitrogens with two attached hydrogens (primary N) is 1. The third kappa shape index (κ3) is 4.01. The molecule has 0 saturated carbocycles. The van der Waals surface area contributed by atoms with E-state index in [1.807, 2.05) is 11.8 Å². The fourth-order valence-electron chi connectivity index (χ4n) is 2.27. The van der Waals surface area contributed by atoms with Crippen LogP contribution in [0.4, 0.5) is 17.5 Å². The van der Waals surface area contributed by atoms with Gasteiger partial charge in [-0.15, -0.1) is 0 Å². The van der Waals surface area contributed by atoms with E-state index in [2.05, 4.69) is 29.2 Å². The molecule has 0 aliphatic heterocycles. The maximum absolute atomic E-state index is 11.3. The quantitative estimate of drug-likeness (QED) is 0.430. The third-order valence-corrected chi connectivity index (χ3v) is 3.67. The van der Waals surface area contributed by atoms with Crippen LogP contribution < -0.4 is 16.2 Å². The van der Waals surface area contributed by atoms with E-state index in [9.17, 15) is 10.1 Å². The molecule has 0 unspecified atom stereocenters. The number of nitrogen functional groups attached to an aromatic ring is 1. The zero-order chi connectivity index (χ0) is 16.0. The Morgan fingerprint density at radius 3 is 2.38 bits per heavy atom. The van der Waals surface area contributed by atoms with Gasteiger partial charge in [-0.2, -0.15) is 4.98 Å². The lowest BCUT2D eigenvalue weighted by atomic mass is 10.0. The van der Waals surface area contributed by atoms with Crippen LogP contribution in [0.3, 0.4) is 0 Å². The Kier molecular flexibility index (Phi) is 6.29. The van der Waals surface area contributed by atoms with Crippen molar-refractivity contribution in [1.29, 1.82) is 0 Å². The molecule has 0 aliphatic rings. The first-order valence-corrected chi connectivity index (χ1v) is 7.22. The van der Waals surface area contributed by atoms with Crippen molar-refractivity contribution >= 4 is 17.5 Å². The topological polar surface area (TPSA) is 110 Å². The molecule has 21 heavy (non-hydrogen) atoms. The Balaban J connectivity index is 3.28. The van der Waals surface area contributed by atoms with E-state index in [4.69, 9.17) is 5.84 Å². The van der Waals surface area contributed by atoms with Gasteiger partial charge in [-0.25, -0.2) is 10.8 Å². The molecule has 0 saturated heterocycles. The molecule has 1 aromatic heterocycles. The average Bonchev–Trinajstić information content (AvgIpc) is 2.47. The summed E-state index contributed by atoms with van der Waals surface area (Å²) in [6, 6.07) is 0. The summed E-state index contributed by atoms with van der Waals surface area (Å²) in [5, 5.41) is 11.3. The minimum Gasteiger partial charge on any atom is -0.351 e. The fourth-order valence-corrected chi connectivity index (χ4v) is 2.27. The molecule has 1 aromatic rings. The SMILES string of the molecule is CCC(CC)CN(CC)c1nc(NN)nc(C)c1[N+](=O)[O-]. The molecule has 0 aliphatic carbocycles. The molecule has 0 atom stereocenters. The van der Waals surface area contributed by atoms with E-state index in [-0.39, 0.29) is 11.6 Å². The summed E-state index contributed by atoms with van der Waals surface area (Å²) in [7, 11) is 0. The van der Waals surface area contributed by atoms with Gasteiger partial charge in [-0.05, 0) is 19.8 Å². The van der Waals surface area contributed by atoms with Gasteiger partial charge in [0.25, 0.3) is 0 Å². The first-order chi connectivity index (χ1) is 9.98. The highest BCUT2D eigenvalue weighted by Gasteiger charge is 2.26. The lowest BCUT2D eigenvalue weighted by Gasteiger charge is -2.26. The van der Waals surface area contributed by atoms with Crippen molar-refractivity contribution in [1.82, 2.24) is 9.97 Å². The number of hydrogen-bond acceptors (Lipinski definition) is 7. The summed E-state index contributed by atoms with van der Waals surface area (Å²) >= 11 is 0. The van der Waals surface area contributed by atoms with Crippen LogP contribution in [0, 0.1) is 23.0 Å². The molecule has 118 valence electrons. The molecule has 0 spiro atoms. The molecule has 0 amide bonds. The monoisotopic (exact) mass is 296 g/mol. The second-order valence-corrected chi connectivity index (χ2v) is 4.93. The van der Waals surface area contributed by atoms with E-state index in [0.29, 0.717) is 24.0 Å². The van der Waals surface area contributed by atoms with Gasteiger partial charge in [0.1, 0.15) is 5.69 Å². The van der Waals surface area contributed by atoms with Gasteiger partial charge in [0, 0.05) is 13.1 Å². The maximum atomic E-state index is 11.3. The number of aryl methyl sites for hydroxylation is 1. The Hall–Kier alpha value is -1.96. The van der Waals surface area contributed by atoms with Crippen molar-refractivity contribution < 1.29 is 4.92 Å². The number of hydrogen-bond donors (Lipinski definition) is 2. The van der Waals surface area contributed by atoms with Gasteiger partial charge >= 0.3 is 5.69 Å². The molecule has 1 rings (SSSR count). The number of nitro groups is 1. The van der Waals surface area contributed by atoms with Crippen LogP contribution in [0.1, 0.15) is 39.3 Å². The number of rotatable bonds is 8. The Morgan fingerprint density at radius 2 is 1.95 bits per heavy atom. The lowest BCUT2D eigenvalue weighted by Crippen LogP contribution is -2.31. The second kappa shape index (κ2) is 7.72. The summed E-state index contributed by atoms with van der Waals surface area (Å²) in [6.45, 7) is 9.15. The van der Waals surface area contributed by atoms with E-state index >= 15 is 0 Å². The molecule has 0 aromatic carbocycles. The highest BCUT2D eigenvalue weighted by molar-refractivity contribution is 5.62. The van der Waals surface area contributed by atoms with Gasteiger partial charge in [-0.3, -0.25) is 15.5 Å². The zero-order valence-corrected chi connectivity index (χ0v) is 13.1. The zero-order valence-electron chi connectivity index (χ0n) is 13.1. The summed E-state index contributed by atoms with van der Waals surface area (Å²) in [5.41, 5.74) is 2.62. The van der Waals surface area contributed by atoms with Crippen molar-refractivity contribution in [3.05, 3.63) is 15.8 Å². The van der Waals surface area contributed by atoms with Gasteiger partial charge in [0.15, 0.2) is 0 Å². The van der Waals surface area contributed by atoms with E-state index in [0.717, 1.165) is 19.4 Å². The smallest absolute Gasteiger partial charge is 0.332 e. The van der Waals surface area contributed by atoms with Crippen molar-refractivity contribution in [2.24, 2.45) is 11.8 Å². The molecule has 3 N–H and O–H groups in total. The fraction of sp³-hybridized carbons (Fsp3) is 0.692. The van der Waals surface area contributed by atoms with Gasteiger partial charge in [0.05, 0.1) is 4.92 Å². The largest absolute Gasteiger partial charge is 0.351 e. The first kappa shape index (κ1) is 17.1. The summed E-state index contributed by atoms with van der Waals surface area (Å²) < 4.78 is 0. The number of aromatic nitrogens is 2. The number of nitrogens with one attached hydrogen (secondary N) is 1. The van der Waals surface area contributed by atoms with Crippen LogP contribution in [-0.2, 0) is 0 Å². The minimum absolute atomic E-state index is 0.0539. The maximum Gasteiger partial charge on any atom is 0.332 e. The number of nitrogens with zero attached hydrogens (tertiary/aromatic N) is 4. The Morgan fingerprint density at radius 1 is 1.33 bits per heavy atom. The van der Waals surface area contributed by atoms with Crippen molar-refractivity contribution in [2.75, 3.05) is 23.4 Å². The van der Waals surface area contributed by atoms with Crippen LogP contribution in [0.25, 0.3) is 0 Å². The summed E-state index contributed by atoms with van der Waals surface area (Å²) in [6.07, 6.45) is 2.04. The highest BCUT2D eigenvalue weighted by atomic mass is 16.6. The molecule has 0 fully saturated rings. The van der Waals surface area contributed by atoms with Crippen molar-refractivity contribution in [2.45, 2.75) is 40.5 Å². The normalized spacial score (nSPS) is 10.8. The second-order valence-electron chi connectivity index (χ2n) is 4.93. The van der Waals surface area contributed by atoms with E-state index in [1.165, 1.54) is 0 Å². The molecule has 0 radical (unpaired) electrons. The van der Waals surface area contributed by atoms with Crippen molar-refractivity contribution in [3.63, 3.8) is 0 Å². The van der Waals surface area contributed by atoms with Gasteiger partial charge in [0.2, 0.25) is 11.8 Å². The summed E-state index contributed by atoms with van der Waals surface area (Å²) in [4.78, 5) is 21.0. The minimum atomic E-state index is -0.430. The van der Waals surface area contributed by atoms with E-state index < -0.39 is 4.92 Å². The van der Waals surface area contributed by atoms with Crippen molar-refractivity contribution in [3.8, 4) is 0 Å². The van der Waals surface area contributed by atoms with Crippen LogP contribution in [0.5, 0.6) is 0 Å². The number of hydrazine groups is 1. The van der Waals surface area contributed by atoms with E-state index in [1.54, 1.807) is 6.92 Å². The van der Waals surface area contributed by atoms with Crippen LogP contribution in [-0.4, -0.2) is 28.0 Å². The van der Waals surface area contributed by atoms with Crippen LogP contribution in [0.2, 0.25) is 0 Å². The molecule has 8 heteroatoms. The Labute approximate surface area is 124 Å². The predicted molar refractivity (Wildman–Crippen MR) is 83.2 cm³/mol. The van der Waals surface area contributed by atoms with Gasteiger partial charge in [-0.1, -0.05) is 26.7 Å². The molecular weight excluding hydrogens is 272 g/mol. The molecule has 8 nitrogen and oxygen atoms in total. The highest BCUT2D eigenvalue weighted by Crippen LogP contribution is 2.30. The molecule has 0 bridgehead atoms. The molecule has 1 heterocycles. The Bertz CT molecular complexity index is 490. The standard InChI is InChI=1S/C13H24N6O2/c1-5-10(6-2)8-18(7-3)12-11(19(20)21)9(4)15-13(16-12)17-14/h10H,5-8,14H2,1-4H3,(H,15,16,17). The third-order valence-electron chi connectivity index (χ3n) is 3.67. The first-order valence-electron chi connectivity index (χ1n) is 7.22. The number of anilines is 2. The lowest BCUT2D eigenvalue weighted by molar-refractivity contribution is -0.385. The van der Waals surface area contributed by atoms with Gasteiger partial charge < -0.3 is 4.90 Å². The predicted octanol–water partition coefficient (Wildman–Crippen LogP) is 2.24. The summed E-state index contributed by atoms with van der Waals surface area (Å²) in [5.74, 6) is 6.33. The van der Waals surface area contributed by atoms with Crippen LogP contribution >= 0.6 is 0 Å².